The van der Waals surface area contributed by atoms with E-state index in [0.717, 1.165) is 0 Å². The maximum atomic E-state index is 13.0. The fourth-order valence-electron chi connectivity index (χ4n) is 1.84. The van der Waals surface area contributed by atoms with Gasteiger partial charge in [0.25, 0.3) is 5.56 Å². The minimum Gasteiger partial charge on any atom is -0.306 e. The third-order valence-electron chi connectivity index (χ3n) is 2.76. The van der Waals surface area contributed by atoms with Crippen LogP contribution in [0.25, 0.3) is 11.4 Å². The van der Waals surface area contributed by atoms with Crippen molar-refractivity contribution >= 4 is 15.9 Å². The van der Waals surface area contributed by atoms with E-state index < -0.39 is 0 Å². The topological polar surface area (TPSA) is 45.8 Å². The van der Waals surface area contributed by atoms with Gasteiger partial charge in [0.05, 0.1) is 0 Å². The van der Waals surface area contributed by atoms with Gasteiger partial charge in [-0.25, -0.2) is 9.37 Å². The molecule has 0 aliphatic rings. The van der Waals surface area contributed by atoms with Gasteiger partial charge in [0.1, 0.15) is 11.6 Å². The molecule has 2 rings (SSSR count). The van der Waals surface area contributed by atoms with Crippen molar-refractivity contribution < 1.29 is 4.39 Å². The van der Waals surface area contributed by atoms with Crippen LogP contribution in [0, 0.1) is 12.7 Å². The number of aromatic nitrogens is 2. The SMILES string of the molecule is CCc1c(C)nc(-c2ccc(F)cc2Br)[nH]c1=O. The van der Waals surface area contributed by atoms with Gasteiger partial charge < -0.3 is 4.98 Å². The summed E-state index contributed by atoms with van der Waals surface area (Å²) in [5, 5.41) is 0. The summed E-state index contributed by atoms with van der Waals surface area (Å²) in [4.78, 5) is 18.9. The molecule has 0 spiro atoms. The minimum atomic E-state index is -0.338. The highest BCUT2D eigenvalue weighted by molar-refractivity contribution is 9.10. The zero-order valence-electron chi connectivity index (χ0n) is 10.1. The Labute approximate surface area is 112 Å². The van der Waals surface area contributed by atoms with Gasteiger partial charge in [0.15, 0.2) is 0 Å². The number of rotatable bonds is 2. The van der Waals surface area contributed by atoms with Crippen LogP contribution >= 0.6 is 15.9 Å². The second kappa shape index (κ2) is 5.02. The zero-order valence-corrected chi connectivity index (χ0v) is 11.6. The molecule has 1 N–H and O–H groups in total. The third kappa shape index (κ3) is 2.36. The van der Waals surface area contributed by atoms with Crippen LogP contribution in [-0.4, -0.2) is 9.97 Å². The molecule has 94 valence electrons. The lowest BCUT2D eigenvalue weighted by atomic mass is 10.1. The number of aromatic amines is 1. The third-order valence-corrected chi connectivity index (χ3v) is 3.42. The molecule has 2 aromatic rings. The number of H-pyrrole nitrogens is 1. The molecular formula is C13H12BrFN2O. The number of aryl methyl sites for hydroxylation is 1. The molecule has 0 unspecified atom stereocenters. The average Bonchev–Trinajstić information content (AvgIpc) is 2.28. The van der Waals surface area contributed by atoms with Crippen molar-refractivity contribution in [3.05, 3.63) is 50.1 Å². The highest BCUT2D eigenvalue weighted by Gasteiger charge is 2.10. The van der Waals surface area contributed by atoms with E-state index in [1.54, 1.807) is 13.0 Å². The summed E-state index contributed by atoms with van der Waals surface area (Å²) in [5.41, 5.74) is 1.90. The molecule has 0 bridgehead atoms. The zero-order chi connectivity index (χ0) is 13.3. The van der Waals surface area contributed by atoms with Crippen LogP contribution in [-0.2, 0) is 6.42 Å². The molecule has 0 amide bonds. The molecule has 1 heterocycles. The van der Waals surface area contributed by atoms with Gasteiger partial charge in [-0.2, -0.15) is 0 Å². The average molecular weight is 311 g/mol. The van der Waals surface area contributed by atoms with E-state index in [9.17, 15) is 9.18 Å². The van der Waals surface area contributed by atoms with E-state index in [2.05, 4.69) is 25.9 Å². The summed E-state index contributed by atoms with van der Waals surface area (Å²) in [5.74, 6) is 0.108. The van der Waals surface area contributed by atoms with Crippen LogP contribution < -0.4 is 5.56 Å². The van der Waals surface area contributed by atoms with Crippen molar-refractivity contribution in [2.24, 2.45) is 0 Å². The Balaban J connectivity index is 2.62. The lowest BCUT2D eigenvalue weighted by Crippen LogP contribution is -2.16. The summed E-state index contributed by atoms with van der Waals surface area (Å²) in [6.07, 6.45) is 0.638. The first kappa shape index (κ1) is 13.0. The fraction of sp³-hybridized carbons (Fsp3) is 0.231. The molecule has 1 aromatic carbocycles. The molecule has 0 aliphatic carbocycles. The van der Waals surface area contributed by atoms with Crippen LogP contribution in [0.3, 0.4) is 0 Å². The minimum absolute atomic E-state index is 0.142. The maximum absolute atomic E-state index is 13.0. The number of hydrogen-bond donors (Lipinski definition) is 1. The van der Waals surface area contributed by atoms with Gasteiger partial charge >= 0.3 is 0 Å². The van der Waals surface area contributed by atoms with Crippen molar-refractivity contribution in [1.29, 1.82) is 0 Å². The predicted octanol–water partition coefficient (Wildman–Crippen LogP) is 3.21. The summed E-state index contributed by atoms with van der Waals surface area (Å²) in [6.45, 7) is 3.71. The molecule has 5 heteroatoms. The van der Waals surface area contributed by atoms with E-state index in [-0.39, 0.29) is 11.4 Å². The lowest BCUT2D eigenvalue weighted by molar-refractivity contribution is 0.627. The summed E-state index contributed by atoms with van der Waals surface area (Å²) in [6, 6.07) is 4.27. The highest BCUT2D eigenvalue weighted by atomic mass is 79.9. The first-order valence-corrected chi connectivity index (χ1v) is 6.37. The van der Waals surface area contributed by atoms with E-state index in [1.165, 1.54) is 12.1 Å². The number of hydrogen-bond acceptors (Lipinski definition) is 2. The molecule has 0 radical (unpaired) electrons. The van der Waals surface area contributed by atoms with E-state index >= 15 is 0 Å². The van der Waals surface area contributed by atoms with Gasteiger partial charge in [-0.3, -0.25) is 4.79 Å². The number of nitrogens with one attached hydrogen (secondary N) is 1. The molecule has 0 saturated carbocycles. The van der Waals surface area contributed by atoms with Crippen molar-refractivity contribution in [1.82, 2.24) is 9.97 Å². The van der Waals surface area contributed by atoms with Gasteiger partial charge in [-0.15, -0.1) is 0 Å². The van der Waals surface area contributed by atoms with Crippen LogP contribution in [0.4, 0.5) is 4.39 Å². The van der Waals surface area contributed by atoms with Gasteiger partial charge in [-0.05, 0) is 47.5 Å². The highest BCUT2D eigenvalue weighted by Crippen LogP contribution is 2.26. The second-order valence-electron chi connectivity index (χ2n) is 3.96. The van der Waals surface area contributed by atoms with Crippen molar-refractivity contribution in [2.45, 2.75) is 20.3 Å². The molecule has 0 atom stereocenters. The van der Waals surface area contributed by atoms with Crippen LogP contribution in [0.1, 0.15) is 18.2 Å². The van der Waals surface area contributed by atoms with Crippen molar-refractivity contribution in [3.63, 3.8) is 0 Å². The Morgan fingerprint density at radius 1 is 1.44 bits per heavy atom. The molecule has 3 nitrogen and oxygen atoms in total. The van der Waals surface area contributed by atoms with Crippen LogP contribution in [0.15, 0.2) is 27.5 Å². The molecule has 1 aromatic heterocycles. The largest absolute Gasteiger partial charge is 0.306 e. The number of benzene rings is 1. The fourth-order valence-corrected chi connectivity index (χ4v) is 2.37. The molecular weight excluding hydrogens is 299 g/mol. The Morgan fingerprint density at radius 3 is 2.72 bits per heavy atom. The van der Waals surface area contributed by atoms with Gasteiger partial charge in [0.2, 0.25) is 0 Å². The van der Waals surface area contributed by atoms with E-state index in [4.69, 9.17) is 0 Å². The van der Waals surface area contributed by atoms with Crippen molar-refractivity contribution in [2.75, 3.05) is 0 Å². The van der Waals surface area contributed by atoms with Gasteiger partial charge in [-0.1, -0.05) is 6.92 Å². The summed E-state index contributed by atoms with van der Waals surface area (Å²) >= 11 is 3.27. The first-order chi connectivity index (χ1) is 8.52. The summed E-state index contributed by atoms with van der Waals surface area (Å²) < 4.78 is 13.6. The summed E-state index contributed by atoms with van der Waals surface area (Å²) in [7, 11) is 0. The Bertz CT molecular complexity index is 652. The van der Waals surface area contributed by atoms with Gasteiger partial charge in [0, 0.05) is 21.3 Å². The van der Waals surface area contributed by atoms with Crippen LogP contribution in [0.5, 0.6) is 0 Å². The quantitative estimate of drug-likeness (QED) is 0.925. The number of nitrogens with zero attached hydrogens (tertiary/aromatic N) is 1. The van der Waals surface area contributed by atoms with E-state index in [1.807, 2.05) is 6.92 Å². The normalized spacial score (nSPS) is 10.7. The molecule has 0 saturated heterocycles. The smallest absolute Gasteiger partial charge is 0.254 e. The predicted molar refractivity (Wildman–Crippen MR) is 72.1 cm³/mol. The Kier molecular flexibility index (Phi) is 3.61. The molecule has 0 aliphatic heterocycles. The van der Waals surface area contributed by atoms with Crippen molar-refractivity contribution in [3.8, 4) is 11.4 Å². The van der Waals surface area contributed by atoms with Crippen LogP contribution in [0.2, 0.25) is 0 Å². The first-order valence-electron chi connectivity index (χ1n) is 5.58. The number of halogens is 2. The van der Waals surface area contributed by atoms with E-state index in [0.29, 0.717) is 33.5 Å². The lowest BCUT2D eigenvalue weighted by Gasteiger charge is -2.07. The Morgan fingerprint density at radius 2 is 2.17 bits per heavy atom. The molecule has 18 heavy (non-hydrogen) atoms. The maximum Gasteiger partial charge on any atom is 0.254 e. The standard InChI is InChI=1S/C13H12BrFN2O/c1-3-9-7(2)16-12(17-13(9)18)10-5-4-8(15)6-11(10)14/h4-6H,3H2,1-2H3,(H,16,17,18). The monoisotopic (exact) mass is 310 g/mol. The second-order valence-corrected chi connectivity index (χ2v) is 4.81. The Hall–Kier alpha value is -1.49. The molecule has 0 fully saturated rings.